The summed E-state index contributed by atoms with van der Waals surface area (Å²) in [4.78, 5) is 23.5. The van der Waals surface area contributed by atoms with Crippen LogP contribution >= 0.6 is 0 Å². The summed E-state index contributed by atoms with van der Waals surface area (Å²) in [5, 5.41) is 2.80. The van der Waals surface area contributed by atoms with Gasteiger partial charge in [-0.1, -0.05) is 13.0 Å². The summed E-state index contributed by atoms with van der Waals surface area (Å²) in [5.41, 5.74) is 3.71. The molecule has 23 heavy (non-hydrogen) atoms. The number of carbonyl (C=O) groups is 2. The van der Waals surface area contributed by atoms with Crippen molar-refractivity contribution in [2.75, 3.05) is 11.9 Å². The average molecular weight is 311 g/mol. The van der Waals surface area contributed by atoms with Crippen molar-refractivity contribution in [2.24, 2.45) is 0 Å². The van der Waals surface area contributed by atoms with Gasteiger partial charge in [-0.25, -0.2) is 0 Å². The number of amides is 1. The lowest BCUT2D eigenvalue weighted by molar-refractivity contribution is -0.118. The van der Waals surface area contributed by atoms with Gasteiger partial charge in [0.15, 0.2) is 12.4 Å². The lowest BCUT2D eigenvalue weighted by Gasteiger charge is -2.09. The maximum absolute atomic E-state index is 11.9. The minimum Gasteiger partial charge on any atom is -0.484 e. The molecule has 0 saturated heterocycles. The molecule has 0 fully saturated rings. The van der Waals surface area contributed by atoms with Crippen molar-refractivity contribution in [1.82, 2.24) is 0 Å². The van der Waals surface area contributed by atoms with E-state index in [-0.39, 0.29) is 18.3 Å². The number of hydrogen-bond acceptors (Lipinski definition) is 3. The van der Waals surface area contributed by atoms with E-state index in [2.05, 4.69) is 5.32 Å². The lowest BCUT2D eigenvalue weighted by Crippen LogP contribution is -2.20. The Bertz CT molecular complexity index is 705. The molecule has 120 valence electrons. The molecule has 0 aliphatic rings. The second-order valence-corrected chi connectivity index (χ2v) is 5.44. The SMILES string of the molecule is CCC(=O)c1ccc(OCC(=O)Nc2ccc(C)c(C)c2)cc1. The number of nitrogens with one attached hydrogen (secondary N) is 1. The highest BCUT2D eigenvalue weighted by atomic mass is 16.5. The van der Waals surface area contributed by atoms with Crippen LogP contribution in [-0.4, -0.2) is 18.3 Å². The van der Waals surface area contributed by atoms with E-state index in [0.717, 1.165) is 11.3 Å². The van der Waals surface area contributed by atoms with Gasteiger partial charge in [-0.15, -0.1) is 0 Å². The predicted molar refractivity (Wildman–Crippen MR) is 91.1 cm³/mol. The molecule has 0 saturated carbocycles. The van der Waals surface area contributed by atoms with Gasteiger partial charge in [0.05, 0.1) is 0 Å². The first-order chi connectivity index (χ1) is 11.0. The van der Waals surface area contributed by atoms with Crippen LogP contribution in [-0.2, 0) is 4.79 Å². The first kappa shape index (κ1) is 16.7. The molecule has 2 rings (SSSR count). The van der Waals surface area contributed by atoms with Gasteiger partial charge in [0, 0.05) is 17.7 Å². The third-order valence-corrected chi connectivity index (χ3v) is 3.66. The summed E-state index contributed by atoms with van der Waals surface area (Å²) in [6.07, 6.45) is 0.471. The Balaban J connectivity index is 1.88. The molecule has 0 atom stereocenters. The molecule has 0 spiro atoms. The number of anilines is 1. The van der Waals surface area contributed by atoms with Crippen LogP contribution in [0.3, 0.4) is 0 Å². The number of rotatable bonds is 6. The topological polar surface area (TPSA) is 55.4 Å². The van der Waals surface area contributed by atoms with E-state index in [1.165, 1.54) is 5.56 Å². The van der Waals surface area contributed by atoms with E-state index < -0.39 is 0 Å². The van der Waals surface area contributed by atoms with Gasteiger partial charge in [-0.2, -0.15) is 0 Å². The lowest BCUT2D eigenvalue weighted by atomic mass is 10.1. The summed E-state index contributed by atoms with van der Waals surface area (Å²) in [5.74, 6) is 0.430. The zero-order chi connectivity index (χ0) is 16.8. The third kappa shape index (κ3) is 4.68. The molecule has 0 heterocycles. The summed E-state index contributed by atoms with van der Waals surface area (Å²) in [6, 6.07) is 12.6. The molecule has 2 aromatic carbocycles. The average Bonchev–Trinajstić information content (AvgIpc) is 2.56. The number of hydrogen-bond donors (Lipinski definition) is 1. The van der Waals surface area contributed by atoms with Crippen molar-refractivity contribution in [1.29, 1.82) is 0 Å². The Labute approximate surface area is 136 Å². The van der Waals surface area contributed by atoms with Gasteiger partial charge in [0.1, 0.15) is 5.75 Å². The highest BCUT2D eigenvalue weighted by Crippen LogP contribution is 2.15. The zero-order valence-electron chi connectivity index (χ0n) is 13.7. The van der Waals surface area contributed by atoms with Gasteiger partial charge >= 0.3 is 0 Å². The quantitative estimate of drug-likeness (QED) is 0.823. The smallest absolute Gasteiger partial charge is 0.262 e. The molecule has 4 heteroatoms. The van der Waals surface area contributed by atoms with Gasteiger partial charge in [0.25, 0.3) is 5.91 Å². The summed E-state index contributed by atoms with van der Waals surface area (Å²) < 4.78 is 5.44. The van der Waals surface area contributed by atoms with Crippen molar-refractivity contribution >= 4 is 17.4 Å². The molecule has 0 unspecified atom stereocenters. The summed E-state index contributed by atoms with van der Waals surface area (Å²) in [6.45, 7) is 5.77. The fraction of sp³-hybridized carbons (Fsp3) is 0.263. The van der Waals surface area contributed by atoms with Crippen LogP contribution in [0.15, 0.2) is 42.5 Å². The third-order valence-electron chi connectivity index (χ3n) is 3.66. The Hall–Kier alpha value is -2.62. The number of ether oxygens (including phenoxy) is 1. The molecule has 0 aromatic heterocycles. The van der Waals surface area contributed by atoms with Crippen LogP contribution in [0, 0.1) is 13.8 Å². The number of Topliss-reactive ketones (excluding diaryl/α,β-unsaturated/α-hetero) is 1. The second-order valence-electron chi connectivity index (χ2n) is 5.44. The molecule has 0 aliphatic heterocycles. The minimum atomic E-state index is -0.220. The van der Waals surface area contributed by atoms with Gasteiger partial charge in [-0.05, 0) is 61.4 Å². The largest absolute Gasteiger partial charge is 0.484 e. The highest BCUT2D eigenvalue weighted by molar-refractivity contribution is 5.96. The van der Waals surface area contributed by atoms with Gasteiger partial charge in [0.2, 0.25) is 0 Å². The maximum atomic E-state index is 11.9. The normalized spacial score (nSPS) is 10.2. The summed E-state index contributed by atoms with van der Waals surface area (Å²) in [7, 11) is 0. The van der Waals surface area contributed by atoms with Crippen LogP contribution in [0.25, 0.3) is 0 Å². The monoisotopic (exact) mass is 311 g/mol. The Morgan fingerprint density at radius 2 is 1.70 bits per heavy atom. The second kappa shape index (κ2) is 7.58. The van der Waals surface area contributed by atoms with Crippen molar-refractivity contribution < 1.29 is 14.3 Å². The van der Waals surface area contributed by atoms with Crippen molar-refractivity contribution in [3.63, 3.8) is 0 Å². The molecule has 0 aliphatic carbocycles. The van der Waals surface area contributed by atoms with Gasteiger partial charge < -0.3 is 10.1 Å². The van der Waals surface area contributed by atoms with Crippen molar-refractivity contribution in [3.8, 4) is 5.75 Å². The molecular weight excluding hydrogens is 290 g/mol. The fourth-order valence-electron chi connectivity index (χ4n) is 2.11. The zero-order valence-corrected chi connectivity index (χ0v) is 13.7. The van der Waals surface area contributed by atoms with Crippen molar-refractivity contribution in [3.05, 3.63) is 59.2 Å². The van der Waals surface area contributed by atoms with E-state index in [0.29, 0.717) is 17.7 Å². The van der Waals surface area contributed by atoms with E-state index in [9.17, 15) is 9.59 Å². The number of carbonyl (C=O) groups excluding carboxylic acids is 2. The Kier molecular flexibility index (Phi) is 5.52. The summed E-state index contributed by atoms with van der Waals surface area (Å²) >= 11 is 0. The van der Waals surface area contributed by atoms with Crippen molar-refractivity contribution in [2.45, 2.75) is 27.2 Å². The van der Waals surface area contributed by atoms with Crippen LogP contribution in [0.1, 0.15) is 34.8 Å². The Morgan fingerprint density at radius 1 is 1.00 bits per heavy atom. The van der Waals surface area contributed by atoms with Crippen LogP contribution in [0.2, 0.25) is 0 Å². The number of ketones is 1. The van der Waals surface area contributed by atoms with E-state index in [1.807, 2.05) is 39.0 Å². The molecule has 0 radical (unpaired) electrons. The van der Waals surface area contributed by atoms with E-state index in [1.54, 1.807) is 24.3 Å². The van der Waals surface area contributed by atoms with E-state index in [4.69, 9.17) is 4.74 Å². The predicted octanol–water partition coefficient (Wildman–Crippen LogP) is 3.91. The number of aryl methyl sites for hydroxylation is 2. The highest BCUT2D eigenvalue weighted by Gasteiger charge is 2.06. The standard InChI is InChI=1S/C19H21NO3/c1-4-18(21)15-6-9-17(10-7-15)23-12-19(22)20-16-8-5-13(2)14(3)11-16/h5-11H,4,12H2,1-3H3,(H,20,22). The first-order valence-corrected chi connectivity index (χ1v) is 7.62. The molecule has 1 amide bonds. The molecule has 0 bridgehead atoms. The molecule has 1 N–H and O–H groups in total. The van der Waals surface area contributed by atoms with E-state index >= 15 is 0 Å². The minimum absolute atomic E-state index is 0.0754. The van der Waals surface area contributed by atoms with Crippen LogP contribution in [0.4, 0.5) is 5.69 Å². The Morgan fingerprint density at radius 3 is 2.30 bits per heavy atom. The fourth-order valence-corrected chi connectivity index (χ4v) is 2.11. The maximum Gasteiger partial charge on any atom is 0.262 e. The molecule has 4 nitrogen and oxygen atoms in total. The molecule has 2 aromatic rings. The number of benzene rings is 2. The first-order valence-electron chi connectivity index (χ1n) is 7.62. The van der Waals surface area contributed by atoms with Crippen LogP contribution < -0.4 is 10.1 Å². The molecular formula is C19H21NO3. The van der Waals surface area contributed by atoms with Crippen LogP contribution in [0.5, 0.6) is 5.75 Å². The van der Waals surface area contributed by atoms with Gasteiger partial charge in [-0.3, -0.25) is 9.59 Å².